The zero-order chi connectivity index (χ0) is 29.9. The molecular formula is C29H38FN7O3S. The summed E-state index contributed by atoms with van der Waals surface area (Å²) < 4.78 is 42.0. The van der Waals surface area contributed by atoms with Gasteiger partial charge in [-0.1, -0.05) is 6.07 Å². The number of sulfonamides is 1. The first-order valence-electron chi connectivity index (χ1n) is 13.5. The van der Waals surface area contributed by atoms with Crippen molar-refractivity contribution in [3.63, 3.8) is 0 Å². The number of hydrogen-bond donors (Lipinski definition) is 4. The van der Waals surface area contributed by atoms with Gasteiger partial charge in [-0.2, -0.15) is 4.98 Å². The lowest BCUT2D eigenvalue weighted by molar-refractivity contribution is 0.0913. The third-order valence-electron chi connectivity index (χ3n) is 7.05. The van der Waals surface area contributed by atoms with Crippen molar-refractivity contribution in [3.05, 3.63) is 65.1 Å². The van der Waals surface area contributed by atoms with E-state index in [2.05, 4.69) is 35.5 Å². The fraction of sp³-hybridized carbons (Fsp3) is 0.414. The summed E-state index contributed by atoms with van der Waals surface area (Å²) in [5.74, 6) is -0.355. The molecule has 2 aromatic carbocycles. The number of anilines is 5. The molecule has 1 aliphatic heterocycles. The molecule has 12 heteroatoms. The van der Waals surface area contributed by atoms with Gasteiger partial charge in [-0.3, -0.25) is 9.52 Å². The van der Waals surface area contributed by atoms with E-state index in [0.29, 0.717) is 22.9 Å². The van der Waals surface area contributed by atoms with Crippen LogP contribution < -0.4 is 20.7 Å². The minimum Gasteiger partial charge on any atom is -0.349 e. The fourth-order valence-electron chi connectivity index (χ4n) is 4.20. The van der Waals surface area contributed by atoms with Gasteiger partial charge in [0, 0.05) is 29.2 Å². The number of piperidine rings is 1. The molecule has 41 heavy (non-hydrogen) atoms. The molecule has 0 unspecified atom stereocenters. The SMILES string of the molecule is Cc1ccc(Nc2nc(Nc3ccc(C(=O)NC4CCN(C)CC4)c(F)c3)ncc2C)cc1NS(=O)(=O)C(C)(C)C. The van der Waals surface area contributed by atoms with E-state index in [9.17, 15) is 17.6 Å². The minimum absolute atomic E-state index is 0.0149. The highest BCUT2D eigenvalue weighted by molar-refractivity contribution is 7.94. The number of hydrogen-bond acceptors (Lipinski definition) is 8. The van der Waals surface area contributed by atoms with Crippen LogP contribution in [0.25, 0.3) is 0 Å². The van der Waals surface area contributed by atoms with Crippen LogP contribution in [-0.4, -0.2) is 60.1 Å². The number of carbonyl (C=O) groups is 1. The van der Waals surface area contributed by atoms with Crippen LogP contribution in [0, 0.1) is 19.7 Å². The molecule has 3 aromatic rings. The van der Waals surface area contributed by atoms with Crippen molar-refractivity contribution >= 4 is 44.8 Å². The smallest absolute Gasteiger partial charge is 0.254 e. The Morgan fingerprint density at radius 1 is 1.00 bits per heavy atom. The number of aromatic nitrogens is 2. The molecule has 2 heterocycles. The molecule has 0 bridgehead atoms. The fourth-order valence-corrected chi connectivity index (χ4v) is 5.01. The van der Waals surface area contributed by atoms with Gasteiger partial charge in [0.15, 0.2) is 0 Å². The van der Waals surface area contributed by atoms with E-state index in [-0.39, 0.29) is 17.6 Å². The Hall–Kier alpha value is -3.77. The van der Waals surface area contributed by atoms with Crippen molar-refractivity contribution < 1.29 is 17.6 Å². The molecule has 220 valence electrons. The first-order valence-corrected chi connectivity index (χ1v) is 15.0. The van der Waals surface area contributed by atoms with Crippen molar-refractivity contribution in [1.29, 1.82) is 0 Å². The predicted octanol–water partition coefficient (Wildman–Crippen LogP) is 5.08. The first kappa shape index (κ1) is 30.2. The zero-order valence-corrected chi connectivity index (χ0v) is 25.1. The van der Waals surface area contributed by atoms with E-state index in [0.717, 1.165) is 37.1 Å². The average Bonchev–Trinajstić information content (AvgIpc) is 2.88. The second-order valence-corrected chi connectivity index (χ2v) is 13.9. The van der Waals surface area contributed by atoms with Crippen LogP contribution in [0.3, 0.4) is 0 Å². The summed E-state index contributed by atoms with van der Waals surface area (Å²) in [6, 6.07) is 9.67. The zero-order valence-electron chi connectivity index (χ0n) is 24.3. The van der Waals surface area contributed by atoms with Gasteiger partial charge in [0.2, 0.25) is 16.0 Å². The second kappa shape index (κ2) is 12.0. The molecule has 0 aliphatic carbocycles. The van der Waals surface area contributed by atoms with Gasteiger partial charge in [-0.25, -0.2) is 17.8 Å². The van der Waals surface area contributed by atoms with Gasteiger partial charge in [-0.15, -0.1) is 0 Å². The molecule has 1 aliphatic rings. The average molecular weight is 584 g/mol. The number of amides is 1. The van der Waals surface area contributed by atoms with E-state index >= 15 is 0 Å². The molecule has 4 rings (SSSR count). The number of nitrogens with one attached hydrogen (secondary N) is 4. The molecule has 4 N–H and O–H groups in total. The van der Waals surface area contributed by atoms with Crippen molar-refractivity contribution in [1.82, 2.24) is 20.2 Å². The van der Waals surface area contributed by atoms with Gasteiger partial charge in [0.05, 0.1) is 16.0 Å². The van der Waals surface area contributed by atoms with E-state index in [4.69, 9.17) is 0 Å². The Morgan fingerprint density at radius 3 is 2.32 bits per heavy atom. The topological polar surface area (TPSA) is 128 Å². The number of carbonyl (C=O) groups excluding carboxylic acids is 1. The minimum atomic E-state index is -3.60. The lowest BCUT2D eigenvalue weighted by atomic mass is 10.0. The maximum absolute atomic E-state index is 14.9. The number of likely N-dealkylation sites (tertiary alicyclic amines) is 1. The van der Waals surface area contributed by atoms with E-state index in [1.165, 1.54) is 12.1 Å². The second-order valence-electron chi connectivity index (χ2n) is 11.5. The summed E-state index contributed by atoms with van der Waals surface area (Å²) >= 11 is 0. The monoisotopic (exact) mass is 583 g/mol. The number of halogens is 1. The van der Waals surface area contributed by atoms with Crippen LogP contribution in [0.2, 0.25) is 0 Å². The number of benzene rings is 2. The highest BCUT2D eigenvalue weighted by atomic mass is 32.2. The van der Waals surface area contributed by atoms with E-state index in [1.54, 1.807) is 39.1 Å². The number of rotatable bonds is 8. The largest absolute Gasteiger partial charge is 0.349 e. The van der Waals surface area contributed by atoms with Gasteiger partial charge in [0.25, 0.3) is 5.91 Å². The highest BCUT2D eigenvalue weighted by Gasteiger charge is 2.29. The van der Waals surface area contributed by atoms with Gasteiger partial charge >= 0.3 is 0 Å². The van der Waals surface area contributed by atoms with Crippen molar-refractivity contribution in [3.8, 4) is 0 Å². The van der Waals surface area contributed by atoms with Gasteiger partial charge in [-0.05, 0) is 103 Å². The molecule has 0 spiro atoms. The third kappa shape index (κ3) is 7.50. The Labute approximate surface area is 241 Å². The van der Waals surface area contributed by atoms with E-state index in [1.807, 2.05) is 33.0 Å². The van der Waals surface area contributed by atoms with Crippen LogP contribution in [0.5, 0.6) is 0 Å². The molecule has 1 saturated heterocycles. The summed E-state index contributed by atoms with van der Waals surface area (Å²) in [5.41, 5.74) is 2.99. The van der Waals surface area contributed by atoms with Crippen molar-refractivity contribution in [2.45, 2.75) is 58.2 Å². The summed E-state index contributed by atoms with van der Waals surface area (Å²) in [6.45, 7) is 10.4. The van der Waals surface area contributed by atoms with Crippen molar-refractivity contribution in [2.24, 2.45) is 0 Å². The molecule has 0 saturated carbocycles. The normalized spacial score (nSPS) is 14.9. The number of aryl methyl sites for hydroxylation is 2. The molecule has 1 aromatic heterocycles. The summed E-state index contributed by atoms with van der Waals surface area (Å²) in [6.07, 6.45) is 3.29. The predicted molar refractivity (Wildman–Crippen MR) is 161 cm³/mol. The molecule has 0 atom stereocenters. The standard InChI is InChI=1S/C29H38FN7O3S/c1-18-7-8-22(16-25(18)36-41(39,40)29(3,4)5)32-26-19(2)17-31-28(35-26)34-21-9-10-23(24(30)15-21)27(38)33-20-11-13-37(6)14-12-20/h7-10,15-17,20,36H,11-14H2,1-6H3,(H,33,38)(H2,31,32,34,35). The Morgan fingerprint density at radius 2 is 1.66 bits per heavy atom. The van der Waals surface area contributed by atoms with Crippen LogP contribution in [0.15, 0.2) is 42.6 Å². The highest BCUT2D eigenvalue weighted by Crippen LogP contribution is 2.28. The van der Waals surface area contributed by atoms with Crippen molar-refractivity contribution in [2.75, 3.05) is 35.5 Å². The lowest BCUT2D eigenvalue weighted by Gasteiger charge is -2.29. The van der Waals surface area contributed by atoms with E-state index < -0.39 is 26.5 Å². The van der Waals surface area contributed by atoms with Crippen LogP contribution in [-0.2, 0) is 10.0 Å². The maximum atomic E-state index is 14.9. The maximum Gasteiger partial charge on any atom is 0.254 e. The molecule has 0 radical (unpaired) electrons. The summed E-state index contributed by atoms with van der Waals surface area (Å²) in [5, 5.41) is 9.13. The molecule has 1 amide bonds. The molecule has 10 nitrogen and oxygen atoms in total. The Bertz CT molecular complexity index is 1530. The first-order chi connectivity index (χ1) is 19.2. The van der Waals surface area contributed by atoms with Crippen LogP contribution in [0.1, 0.15) is 55.1 Å². The quantitative estimate of drug-likeness (QED) is 0.289. The van der Waals surface area contributed by atoms with Gasteiger partial charge in [0.1, 0.15) is 11.6 Å². The number of nitrogens with zero attached hydrogens (tertiary/aromatic N) is 3. The Kier molecular flexibility index (Phi) is 8.83. The van der Waals surface area contributed by atoms with Gasteiger partial charge < -0.3 is 20.9 Å². The molecule has 1 fully saturated rings. The summed E-state index contributed by atoms with van der Waals surface area (Å²) in [4.78, 5) is 23.7. The Balaban J connectivity index is 1.46. The van der Waals surface area contributed by atoms with Crippen LogP contribution >= 0.6 is 0 Å². The molecular weight excluding hydrogens is 545 g/mol. The van der Waals surface area contributed by atoms with Crippen LogP contribution in [0.4, 0.5) is 33.2 Å². The third-order valence-corrected chi connectivity index (χ3v) is 9.15. The lowest BCUT2D eigenvalue weighted by Crippen LogP contribution is -2.43. The summed E-state index contributed by atoms with van der Waals surface area (Å²) in [7, 11) is -1.56.